The minimum atomic E-state index is -1.83. The van der Waals surface area contributed by atoms with Crippen molar-refractivity contribution in [2.75, 3.05) is 5.32 Å². The molecule has 9 heteroatoms. The average Bonchev–Trinajstić information content (AvgIpc) is 2.61. The van der Waals surface area contributed by atoms with Gasteiger partial charge in [-0.2, -0.15) is 0 Å². The van der Waals surface area contributed by atoms with Gasteiger partial charge in [-0.1, -0.05) is 0 Å². The summed E-state index contributed by atoms with van der Waals surface area (Å²) in [6.07, 6.45) is 1.92. The average molecular weight is 554 g/mol. The molecule has 4 nitrogen and oxygen atoms in total. The molecule has 1 atom stereocenters. The molecule has 0 saturated carbocycles. The summed E-state index contributed by atoms with van der Waals surface area (Å²) in [4.78, 5) is 16.4. The van der Waals surface area contributed by atoms with Crippen molar-refractivity contribution in [3.63, 3.8) is 0 Å². The van der Waals surface area contributed by atoms with Crippen LogP contribution >= 0.6 is 50.7 Å². The van der Waals surface area contributed by atoms with Gasteiger partial charge in [0.1, 0.15) is 0 Å². The number of halogens is 4. The fourth-order valence-electron chi connectivity index (χ4n) is 1.93. The third-order valence-electron chi connectivity index (χ3n) is 3.18. The van der Waals surface area contributed by atoms with Gasteiger partial charge in [0.05, 0.1) is 0 Å². The summed E-state index contributed by atoms with van der Waals surface area (Å²) in [5.74, 6) is -0.437. The van der Waals surface area contributed by atoms with Gasteiger partial charge in [-0.3, -0.25) is 0 Å². The molecular weight excluding hydrogens is 539 g/mol. The maximum atomic E-state index is 12.2. The van der Waals surface area contributed by atoms with Gasteiger partial charge < -0.3 is 0 Å². The summed E-state index contributed by atoms with van der Waals surface area (Å²) in [7, 11) is 0. The molecule has 2 rings (SSSR count). The molecule has 0 aliphatic carbocycles. The predicted molar refractivity (Wildman–Crippen MR) is 119 cm³/mol. The summed E-state index contributed by atoms with van der Waals surface area (Å²) < 4.78 is -0.639. The normalized spacial score (nSPS) is 13.4. The van der Waals surface area contributed by atoms with Gasteiger partial charge in [-0.25, -0.2) is 0 Å². The van der Waals surface area contributed by atoms with Crippen molar-refractivity contribution in [3.8, 4) is 0 Å². The van der Waals surface area contributed by atoms with E-state index in [9.17, 15) is 4.79 Å². The summed E-state index contributed by atoms with van der Waals surface area (Å²) in [5, 5.41) is 5.62. The number of rotatable bonds is 5. The Morgan fingerprint density at radius 2 is 1.74 bits per heavy atom. The van der Waals surface area contributed by atoms with Gasteiger partial charge in [-0.05, 0) is 0 Å². The number of benzene rings is 2. The molecule has 0 saturated heterocycles. The van der Waals surface area contributed by atoms with E-state index in [1.54, 1.807) is 6.08 Å². The standard InChI is InChI=1S/C18H14BrCl3N3OSe/c19-13-8-4-5-9-14(13)23-17(27)25-16(18(20,21)22)24-15(26)11-10-12-6-2-1-3-7-12/h1-11,16H,(H,23,25)(H,24,26)/b11-10+. The van der Waals surface area contributed by atoms with Gasteiger partial charge >= 0.3 is 190 Å². The molecule has 0 aromatic heterocycles. The van der Waals surface area contributed by atoms with Crippen molar-refractivity contribution in [2.45, 2.75) is 9.96 Å². The molecule has 0 aliphatic rings. The zero-order valence-corrected chi connectivity index (χ0v) is 19.3. The van der Waals surface area contributed by atoms with Crippen LogP contribution in [0.4, 0.5) is 5.69 Å². The molecule has 2 N–H and O–H groups in total. The van der Waals surface area contributed by atoms with Crippen molar-refractivity contribution < 1.29 is 4.79 Å². The monoisotopic (exact) mass is 552 g/mol. The third kappa shape index (κ3) is 7.86. The van der Waals surface area contributed by atoms with Gasteiger partial charge in [0.2, 0.25) is 0 Å². The van der Waals surface area contributed by atoms with Crippen LogP contribution in [0.5, 0.6) is 0 Å². The van der Waals surface area contributed by atoms with Crippen LogP contribution in [0.25, 0.3) is 6.08 Å². The van der Waals surface area contributed by atoms with Crippen molar-refractivity contribution in [1.29, 1.82) is 0 Å². The molecule has 141 valence electrons. The molecule has 1 amide bonds. The Balaban J connectivity index is 2.09. The molecule has 0 spiro atoms. The number of hydrogen-bond acceptors (Lipinski definition) is 2. The van der Waals surface area contributed by atoms with Crippen molar-refractivity contribution in [1.82, 2.24) is 5.32 Å². The van der Waals surface area contributed by atoms with Crippen LogP contribution in [0.1, 0.15) is 5.56 Å². The summed E-state index contributed by atoms with van der Waals surface area (Å²) in [6, 6.07) is 16.8. The molecule has 2 aromatic carbocycles. The summed E-state index contributed by atoms with van der Waals surface area (Å²) in [6.45, 7) is 0. The molecule has 0 bridgehead atoms. The van der Waals surface area contributed by atoms with Crippen molar-refractivity contribution in [3.05, 3.63) is 70.7 Å². The first-order valence-corrected chi connectivity index (χ1v) is 10.4. The number of amidine groups is 1. The van der Waals surface area contributed by atoms with Crippen molar-refractivity contribution >= 4 is 89.2 Å². The predicted octanol–water partition coefficient (Wildman–Crippen LogP) is 4.91. The van der Waals surface area contributed by atoms with E-state index < -0.39 is 15.9 Å². The van der Waals surface area contributed by atoms with Gasteiger partial charge in [0, 0.05) is 0 Å². The van der Waals surface area contributed by atoms with Gasteiger partial charge in [0.15, 0.2) is 0 Å². The number of carbonyl (C=O) groups is 1. The minimum absolute atomic E-state index is 0.352. The Kier molecular flexibility index (Phi) is 8.67. The molecule has 0 fully saturated rings. The van der Waals surface area contributed by atoms with E-state index in [4.69, 9.17) is 34.8 Å². The summed E-state index contributed by atoms with van der Waals surface area (Å²) in [5.41, 5.74) is 1.65. The quantitative estimate of drug-likeness (QED) is 0.182. The molecule has 27 heavy (non-hydrogen) atoms. The molecule has 0 heterocycles. The Bertz CT molecular complexity index is 841. The fraction of sp³-hybridized carbons (Fsp3) is 0.111. The van der Waals surface area contributed by atoms with Crippen LogP contribution in [0, 0.1) is 0 Å². The van der Waals surface area contributed by atoms with Crippen LogP contribution in [0.2, 0.25) is 0 Å². The SMILES string of the molecule is O=C(/C=C/c1ccccc1)NC(N=C([Se])Nc1ccccc1Br)C(Cl)(Cl)Cl. The number of aliphatic imine (C=N–C) groups is 1. The van der Waals surface area contributed by atoms with Gasteiger partial charge in [-0.15, -0.1) is 0 Å². The van der Waals surface area contributed by atoms with E-state index in [1.807, 2.05) is 54.6 Å². The van der Waals surface area contributed by atoms with E-state index >= 15 is 0 Å². The Hall–Kier alpha value is -1.01. The number of hydrogen-bond donors (Lipinski definition) is 2. The van der Waals surface area contributed by atoms with Crippen molar-refractivity contribution in [2.24, 2.45) is 4.99 Å². The van der Waals surface area contributed by atoms with Crippen LogP contribution in [-0.4, -0.2) is 36.6 Å². The molecular formula is C18H14BrCl3N3OSe. The first-order chi connectivity index (χ1) is 12.8. The number of carbonyl (C=O) groups excluding carboxylic acids is 1. The second-order valence-corrected chi connectivity index (χ2v) is 9.27. The number of amides is 1. The van der Waals surface area contributed by atoms with E-state index in [1.165, 1.54) is 6.08 Å². The number of nitrogens with zero attached hydrogens (tertiary/aromatic N) is 1. The first kappa shape index (κ1) is 22.3. The van der Waals surface area contributed by atoms with Crippen LogP contribution < -0.4 is 10.6 Å². The third-order valence-corrected chi connectivity index (χ3v) is 4.92. The van der Waals surface area contributed by atoms with Crippen LogP contribution in [0.3, 0.4) is 0 Å². The fourth-order valence-corrected chi connectivity index (χ4v) is 3.08. The Labute approximate surface area is 189 Å². The summed E-state index contributed by atoms with van der Waals surface area (Å²) >= 11 is 24.1. The number of nitrogens with one attached hydrogen (secondary N) is 2. The Morgan fingerprint density at radius 1 is 1.11 bits per heavy atom. The second-order valence-electron chi connectivity index (χ2n) is 5.24. The number of anilines is 1. The van der Waals surface area contributed by atoms with E-state index in [0.29, 0.717) is 4.73 Å². The van der Waals surface area contributed by atoms with Gasteiger partial charge in [0.25, 0.3) is 0 Å². The topological polar surface area (TPSA) is 53.5 Å². The Morgan fingerprint density at radius 3 is 2.37 bits per heavy atom. The second kappa shape index (κ2) is 10.5. The van der Waals surface area contributed by atoms with E-state index in [2.05, 4.69) is 47.6 Å². The number of alkyl halides is 3. The van der Waals surface area contributed by atoms with E-state index in [-0.39, 0.29) is 0 Å². The molecule has 2 aromatic rings. The first-order valence-electron chi connectivity index (χ1n) is 7.62. The zero-order chi connectivity index (χ0) is 19.9. The molecule has 1 radical (unpaired) electrons. The zero-order valence-electron chi connectivity index (χ0n) is 13.7. The van der Waals surface area contributed by atoms with Crippen LogP contribution in [-0.2, 0) is 4.79 Å². The maximum absolute atomic E-state index is 12.2. The molecule has 0 aliphatic heterocycles. The van der Waals surface area contributed by atoms with E-state index in [0.717, 1.165) is 15.7 Å². The molecule has 1 unspecified atom stereocenters. The van der Waals surface area contributed by atoms with Crippen LogP contribution in [0.15, 0.2) is 70.1 Å². The number of para-hydroxylation sites is 1.